The fraction of sp³-hybridized carbons (Fsp3) is 0.214. The van der Waals surface area contributed by atoms with E-state index < -0.39 is 12.1 Å². The molecule has 0 unspecified atom stereocenters. The van der Waals surface area contributed by atoms with E-state index in [0.717, 1.165) is 45.6 Å². The highest BCUT2D eigenvalue weighted by molar-refractivity contribution is 5.78. The number of pyridine rings is 4. The average Bonchev–Trinajstić information content (AvgIpc) is 2.81. The van der Waals surface area contributed by atoms with Crippen LogP contribution in [0.2, 0.25) is 0 Å². The molecule has 0 radical (unpaired) electrons. The van der Waals surface area contributed by atoms with Gasteiger partial charge in [-0.15, -0.1) is 0 Å². The molecule has 0 N–H and O–H groups in total. The van der Waals surface area contributed by atoms with Gasteiger partial charge in [0.25, 0.3) is 0 Å². The van der Waals surface area contributed by atoms with Crippen molar-refractivity contribution >= 4 is 12.4 Å². The van der Waals surface area contributed by atoms with Crippen molar-refractivity contribution in [1.82, 2.24) is 19.9 Å². The Balaban J connectivity index is 1.82. The highest BCUT2D eigenvalue weighted by atomic mass is 15.0. The average molecular weight is 449 g/mol. The van der Waals surface area contributed by atoms with Gasteiger partial charge in [-0.3, -0.25) is 29.9 Å². The Hall–Kier alpha value is -4.06. The van der Waals surface area contributed by atoms with Crippen molar-refractivity contribution in [3.05, 3.63) is 118 Å². The van der Waals surface area contributed by atoms with Crippen LogP contribution in [0.5, 0.6) is 0 Å². The number of aliphatic imine (C=N–C) groups is 2. The molecule has 0 fully saturated rings. The molecule has 0 aliphatic carbocycles. The Labute approximate surface area is 200 Å². The molecule has 6 nitrogen and oxygen atoms in total. The van der Waals surface area contributed by atoms with E-state index in [9.17, 15) is 0 Å². The van der Waals surface area contributed by atoms with E-state index in [2.05, 4.69) is 9.97 Å². The van der Waals surface area contributed by atoms with Gasteiger partial charge in [0.05, 0.1) is 22.8 Å². The molecular formula is C28H28N6. The van der Waals surface area contributed by atoms with E-state index in [0.29, 0.717) is 0 Å². The molecule has 4 heterocycles. The fourth-order valence-corrected chi connectivity index (χ4v) is 3.68. The lowest BCUT2D eigenvalue weighted by atomic mass is 10.0. The molecule has 0 saturated carbocycles. The Morgan fingerprint density at radius 3 is 1.21 bits per heavy atom. The van der Waals surface area contributed by atoms with Crippen molar-refractivity contribution in [2.75, 3.05) is 0 Å². The summed E-state index contributed by atoms with van der Waals surface area (Å²) in [6.07, 6.45) is 3.59. The highest BCUT2D eigenvalue weighted by Gasteiger charge is 2.26. The molecule has 0 bridgehead atoms. The predicted octanol–water partition coefficient (Wildman–Crippen LogP) is 5.52. The Morgan fingerprint density at radius 2 is 0.853 bits per heavy atom. The summed E-state index contributed by atoms with van der Waals surface area (Å²) in [5, 5.41) is 0. The van der Waals surface area contributed by atoms with Crippen molar-refractivity contribution in [1.29, 1.82) is 0 Å². The van der Waals surface area contributed by atoms with Gasteiger partial charge >= 0.3 is 0 Å². The number of hydrogen-bond acceptors (Lipinski definition) is 6. The molecule has 34 heavy (non-hydrogen) atoms. The van der Waals surface area contributed by atoms with Crippen molar-refractivity contribution in [3.63, 3.8) is 0 Å². The third kappa shape index (κ3) is 6.04. The smallest absolute Gasteiger partial charge is 0.120 e. The molecular weight excluding hydrogens is 420 g/mol. The van der Waals surface area contributed by atoms with Gasteiger partial charge in [0.1, 0.15) is 12.1 Å². The fourth-order valence-electron chi connectivity index (χ4n) is 3.68. The number of hydrogen-bond donors (Lipinski definition) is 0. The van der Waals surface area contributed by atoms with Crippen LogP contribution < -0.4 is 0 Å². The number of nitrogens with zero attached hydrogens (tertiary/aromatic N) is 6. The van der Waals surface area contributed by atoms with Gasteiger partial charge in [0.2, 0.25) is 0 Å². The summed E-state index contributed by atoms with van der Waals surface area (Å²) in [5.41, 5.74) is 6.96. The minimum atomic E-state index is -0.391. The second-order valence-electron chi connectivity index (χ2n) is 8.26. The van der Waals surface area contributed by atoms with Crippen LogP contribution in [0.25, 0.3) is 0 Å². The largest absolute Gasteiger partial charge is 0.279 e. The summed E-state index contributed by atoms with van der Waals surface area (Å²) < 4.78 is 0. The lowest BCUT2D eigenvalue weighted by Crippen LogP contribution is -2.13. The topological polar surface area (TPSA) is 76.3 Å². The minimum Gasteiger partial charge on any atom is -0.279 e. The summed E-state index contributed by atoms with van der Waals surface area (Å²) in [6.45, 7) is 7.89. The molecule has 4 rings (SSSR count). The Bertz CT molecular complexity index is 1220. The van der Waals surface area contributed by atoms with Crippen LogP contribution in [-0.2, 0) is 0 Å². The van der Waals surface area contributed by atoms with Gasteiger partial charge in [0, 0.05) is 35.2 Å². The van der Waals surface area contributed by atoms with Crippen molar-refractivity contribution in [2.24, 2.45) is 9.98 Å². The molecule has 4 aromatic rings. The van der Waals surface area contributed by atoms with Crippen LogP contribution in [0.15, 0.2) is 82.8 Å². The first-order valence-electron chi connectivity index (χ1n) is 11.3. The van der Waals surface area contributed by atoms with Crippen LogP contribution in [0.3, 0.4) is 0 Å². The molecule has 0 aliphatic rings. The first-order valence-corrected chi connectivity index (χ1v) is 11.3. The molecule has 0 saturated heterocycles. The van der Waals surface area contributed by atoms with E-state index >= 15 is 0 Å². The summed E-state index contributed by atoms with van der Waals surface area (Å²) in [5.74, 6) is 0. The van der Waals surface area contributed by atoms with E-state index in [1.54, 1.807) is 12.4 Å². The monoisotopic (exact) mass is 448 g/mol. The molecule has 0 aromatic carbocycles. The molecule has 0 spiro atoms. The van der Waals surface area contributed by atoms with Crippen LogP contribution in [0, 0.1) is 27.7 Å². The van der Waals surface area contributed by atoms with E-state index in [4.69, 9.17) is 20.0 Å². The van der Waals surface area contributed by atoms with Crippen LogP contribution in [-0.4, -0.2) is 32.4 Å². The lowest BCUT2D eigenvalue weighted by Gasteiger charge is -2.21. The third-order valence-electron chi connectivity index (χ3n) is 5.28. The summed E-state index contributed by atoms with van der Waals surface area (Å²) in [7, 11) is 0. The maximum Gasteiger partial charge on any atom is 0.120 e. The zero-order valence-corrected chi connectivity index (χ0v) is 19.9. The summed E-state index contributed by atoms with van der Waals surface area (Å²) in [4.78, 5) is 28.6. The van der Waals surface area contributed by atoms with Gasteiger partial charge in [-0.2, -0.15) is 0 Å². The molecule has 0 aliphatic heterocycles. The normalized spacial score (nSPS) is 13.4. The predicted molar refractivity (Wildman–Crippen MR) is 137 cm³/mol. The van der Waals surface area contributed by atoms with E-state index in [-0.39, 0.29) is 0 Å². The van der Waals surface area contributed by atoms with Crippen LogP contribution in [0.1, 0.15) is 57.6 Å². The van der Waals surface area contributed by atoms with Gasteiger partial charge in [0.15, 0.2) is 0 Å². The Kier molecular flexibility index (Phi) is 7.28. The first kappa shape index (κ1) is 23.1. The summed E-state index contributed by atoms with van der Waals surface area (Å²) in [6, 6.07) is 22.9. The van der Waals surface area contributed by atoms with Gasteiger partial charge < -0.3 is 0 Å². The van der Waals surface area contributed by atoms with Crippen molar-refractivity contribution in [2.45, 2.75) is 39.8 Å². The maximum absolute atomic E-state index is 4.96. The zero-order chi connectivity index (χ0) is 23.9. The maximum atomic E-state index is 4.96. The summed E-state index contributed by atoms with van der Waals surface area (Å²) >= 11 is 0. The second kappa shape index (κ2) is 10.7. The molecule has 2 atom stereocenters. The molecule has 0 amide bonds. The Morgan fingerprint density at radius 1 is 0.500 bits per heavy atom. The lowest BCUT2D eigenvalue weighted by molar-refractivity contribution is 0.554. The highest BCUT2D eigenvalue weighted by Crippen LogP contribution is 2.34. The molecule has 6 heteroatoms. The molecule has 170 valence electrons. The standard InChI is InChI=1S/C28H28N6/c1-19-9-5-13-23(31-19)17-29-27(25-15-7-11-21(3)33-25)28(26-16-8-12-22(4)34-26)30-18-24-14-6-10-20(2)32-24/h5-18,27-28H,1-4H3/t27-,28+. The van der Waals surface area contributed by atoms with Gasteiger partial charge in [-0.25, -0.2) is 0 Å². The van der Waals surface area contributed by atoms with E-state index in [1.165, 1.54) is 0 Å². The molecule has 4 aromatic heterocycles. The number of aromatic nitrogens is 4. The first-order chi connectivity index (χ1) is 16.5. The zero-order valence-electron chi connectivity index (χ0n) is 19.9. The van der Waals surface area contributed by atoms with Gasteiger partial charge in [-0.1, -0.05) is 24.3 Å². The number of aryl methyl sites for hydroxylation is 4. The van der Waals surface area contributed by atoms with Gasteiger partial charge in [-0.05, 0) is 76.2 Å². The SMILES string of the molecule is Cc1cccc(C=N[C@H](c2cccc(C)n2)[C@@H](N=Cc2cccc(C)n2)c2cccc(C)n2)n1. The van der Waals surface area contributed by atoms with Crippen molar-refractivity contribution in [3.8, 4) is 0 Å². The number of rotatable bonds is 7. The van der Waals surface area contributed by atoms with Crippen molar-refractivity contribution < 1.29 is 0 Å². The van der Waals surface area contributed by atoms with Crippen LogP contribution >= 0.6 is 0 Å². The minimum absolute atomic E-state index is 0.391. The quantitative estimate of drug-likeness (QED) is 0.349. The van der Waals surface area contributed by atoms with E-state index in [1.807, 2.05) is 100 Å². The second-order valence-corrected chi connectivity index (χ2v) is 8.26. The van der Waals surface area contributed by atoms with Crippen LogP contribution in [0.4, 0.5) is 0 Å². The third-order valence-corrected chi connectivity index (χ3v) is 5.28.